The Kier molecular flexibility index (Phi) is 5.83. The van der Waals surface area contributed by atoms with E-state index in [2.05, 4.69) is 13.8 Å². The Morgan fingerprint density at radius 1 is 1.42 bits per heavy atom. The van der Waals surface area contributed by atoms with Gasteiger partial charge in [-0.15, -0.1) is 0 Å². The highest BCUT2D eigenvalue weighted by atomic mass is 16.5. The van der Waals surface area contributed by atoms with Gasteiger partial charge in [0, 0.05) is 6.54 Å². The predicted molar refractivity (Wildman–Crippen MR) is 78.6 cm³/mol. The Labute approximate surface area is 115 Å². The van der Waals surface area contributed by atoms with Gasteiger partial charge in [-0.3, -0.25) is 4.79 Å². The number of methoxy groups -OCH3 is 1. The van der Waals surface area contributed by atoms with E-state index in [1.807, 2.05) is 25.1 Å². The summed E-state index contributed by atoms with van der Waals surface area (Å²) in [6.45, 7) is 6.94. The van der Waals surface area contributed by atoms with Crippen LogP contribution in [0.2, 0.25) is 0 Å². The van der Waals surface area contributed by atoms with Crippen molar-refractivity contribution in [1.82, 2.24) is 0 Å². The molecule has 1 aromatic carbocycles. The number of ether oxygens (including phenoxy) is 1. The zero-order chi connectivity index (χ0) is 14.4. The minimum absolute atomic E-state index is 0.00912. The maximum Gasteiger partial charge on any atom is 0.240 e. The first kappa shape index (κ1) is 15.5. The first-order valence-electron chi connectivity index (χ1n) is 6.64. The normalized spacial score (nSPS) is 10.6. The van der Waals surface area contributed by atoms with E-state index in [4.69, 9.17) is 10.5 Å². The number of nitrogens with zero attached hydrogens (tertiary/aromatic N) is 1. The molecule has 1 amide bonds. The third kappa shape index (κ3) is 4.24. The summed E-state index contributed by atoms with van der Waals surface area (Å²) >= 11 is 0. The Morgan fingerprint density at radius 3 is 2.63 bits per heavy atom. The Morgan fingerprint density at radius 2 is 2.11 bits per heavy atom. The highest BCUT2D eigenvalue weighted by molar-refractivity contribution is 5.96. The van der Waals surface area contributed by atoms with Crippen molar-refractivity contribution in [3.63, 3.8) is 0 Å². The minimum atomic E-state index is -0.0791. The maximum absolute atomic E-state index is 12.0. The van der Waals surface area contributed by atoms with E-state index in [-0.39, 0.29) is 12.5 Å². The van der Waals surface area contributed by atoms with Crippen molar-refractivity contribution in [2.75, 3.05) is 25.1 Å². The number of nitrogens with two attached hydrogens (primary N) is 1. The molecule has 1 rings (SSSR count). The largest absolute Gasteiger partial charge is 0.495 e. The number of aryl methyl sites for hydroxylation is 1. The van der Waals surface area contributed by atoms with Crippen molar-refractivity contribution in [3.05, 3.63) is 23.8 Å². The van der Waals surface area contributed by atoms with Crippen LogP contribution in [0.1, 0.15) is 25.8 Å². The van der Waals surface area contributed by atoms with Gasteiger partial charge in [-0.05, 0) is 37.0 Å². The zero-order valence-corrected chi connectivity index (χ0v) is 12.3. The summed E-state index contributed by atoms with van der Waals surface area (Å²) in [5.41, 5.74) is 7.41. The molecule has 19 heavy (non-hydrogen) atoms. The van der Waals surface area contributed by atoms with Gasteiger partial charge >= 0.3 is 0 Å². The van der Waals surface area contributed by atoms with E-state index in [0.29, 0.717) is 18.2 Å². The lowest BCUT2D eigenvalue weighted by Gasteiger charge is -2.25. The molecule has 0 aliphatic heterocycles. The van der Waals surface area contributed by atoms with E-state index in [1.165, 1.54) is 0 Å². The summed E-state index contributed by atoms with van der Waals surface area (Å²) < 4.78 is 5.35. The average Bonchev–Trinajstić information content (AvgIpc) is 2.38. The number of carbonyl (C=O) groups is 1. The molecular weight excluding hydrogens is 240 g/mol. The van der Waals surface area contributed by atoms with Gasteiger partial charge in [0.1, 0.15) is 5.75 Å². The first-order valence-corrected chi connectivity index (χ1v) is 6.64. The number of anilines is 1. The summed E-state index contributed by atoms with van der Waals surface area (Å²) in [6, 6.07) is 5.82. The monoisotopic (exact) mass is 264 g/mol. The molecule has 0 aromatic heterocycles. The second-order valence-electron chi connectivity index (χ2n) is 5.11. The van der Waals surface area contributed by atoms with Gasteiger partial charge in [0.15, 0.2) is 0 Å². The summed E-state index contributed by atoms with van der Waals surface area (Å²) in [4.78, 5) is 13.8. The third-order valence-corrected chi connectivity index (χ3v) is 3.03. The van der Waals surface area contributed by atoms with Crippen LogP contribution < -0.4 is 15.4 Å². The molecule has 4 nitrogen and oxygen atoms in total. The van der Waals surface area contributed by atoms with E-state index in [1.54, 1.807) is 12.0 Å². The number of benzene rings is 1. The van der Waals surface area contributed by atoms with Gasteiger partial charge in [-0.2, -0.15) is 0 Å². The van der Waals surface area contributed by atoms with E-state index < -0.39 is 0 Å². The summed E-state index contributed by atoms with van der Waals surface area (Å²) in [5.74, 6) is 1.16. The molecule has 0 saturated heterocycles. The van der Waals surface area contributed by atoms with Crippen LogP contribution in [-0.4, -0.2) is 26.1 Å². The van der Waals surface area contributed by atoms with Crippen molar-refractivity contribution >= 4 is 11.6 Å². The van der Waals surface area contributed by atoms with Crippen molar-refractivity contribution in [2.45, 2.75) is 27.2 Å². The quantitative estimate of drug-likeness (QED) is 0.858. The van der Waals surface area contributed by atoms with Crippen LogP contribution in [0.3, 0.4) is 0 Å². The lowest BCUT2D eigenvalue weighted by atomic mass is 10.1. The highest BCUT2D eigenvalue weighted by Gasteiger charge is 2.18. The van der Waals surface area contributed by atoms with Crippen LogP contribution in [0.4, 0.5) is 5.69 Å². The Bertz CT molecular complexity index is 430. The van der Waals surface area contributed by atoms with Crippen LogP contribution in [0.15, 0.2) is 18.2 Å². The molecule has 0 atom stereocenters. The van der Waals surface area contributed by atoms with Crippen LogP contribution in [-0.2, 0) is 4.79 Å². The zero-order valence-electron chi connectivity index (χ0n) is 12.3. The smallest absolute Gasteiger partial charge is 0.240 e. The van der Waals surface area contributed by atoms with Gasteiger partial charge in [-0.1, -0.05) is 19.9 Å². The van der Waals surface area contributed by atoms with Crippen molar-refractivity contribution in [3.8, 4) is 5.75 Å². The minimum Gasteiger partial charge on any atom is -0.495 e. The molecule has 0 heterocycles. The standard InChI is InChI=1S/C15H24N2O2/c1-11(2)7-8-17(15(18)10-16)13-9-12(3)5-6-14(13)19-4/h5-6,9,11H,7-8,10,16H2,1-4H3. The van der Waals surface area contributed by atoms with Crippen molar-refractivity contribution < 1.29 is 9.53 Å². The van der Waals surface area contributed by atoms with E-state index in [0.717, 1.165) is 17.7 Å². The molecule has 0 aliphatic carbocycles. The average molecular weight is 264 g/mol. The first-order chi connectivity index (χ1) is 8.99. The summed E-state index contributed by atoms with van der Waals surface area (Å²) in [7, 11) is 1.61. The molecule has 2 N–H and O–H groups in total. The molecule has 0 fully saturated rings. The fraction of sp³-hybridized carbons (Fsp3) is 0.533. The van der Waals surface area contributed by atoms with E-state index in [9.17, 15) is 4.79 Å². The third-order valence-electron chi connectivity index (χ3n) is 3.03. The lowest BCUT2D eigenvalue weighted by Crippen LogP contribution is -2.37. The van der Waals surface area contributed by atoms with Crippen LogP contribution in [0.25, 0.3) is 0 Å². The van der Waals surface area contributed by atoms with Crippen LogP contribution in [0, 0.1) is 12.8 Å². The van der Waals surface area contributed by atoms with Gasteiger partial charge in [0.05, 0.1) is 19.3 Å². The number of carbonyl (C=O) groups excluding carboxylic acids is 1. The second kappa shape index (κ2) is 7.14. The van der Waals surface area contributed by atoms with Crippen molar-refractivity contribution in [1.29, 1.82) is 0 Å². The highest BCUT2D eigenvalue weighted by Crippen LogP contribution is 2.29. The van der Waals surface area contributed by atoms with E-state index >= 15 is 0 Å². The fourth-order valence-corrected chi connectivity index (χ4v) is 1.89. The number of hydrogen-bond acceptors (Lipinski definition) is 3. The fourth-order valence-electron chi connectivity index (χ4n) is 1.89. The number of amides is 1. The summed E-state index contributed by atoms with van der Waals surface area (Å²) in [6.07, 6.45) is 0.933. The molecule has 0 radical (unpaired) electrons. The number of hydrogen-bond donors (Lipinski definition) is 1. The van der Waals surface area contributed by atoms with Crippen molar-refractivity contribution in [2.24, 2.45) is 11.7 Å². The Hall–Kier alpha value is -1.55. The van der Waals surface area contributed by atoms with Gasteiger partial charge in [0.2, 0.25) is 5.91 Å². The molecule has 4 heteroatoms. The SMILES string of the molecule is COc1ccc(C)cc1N(CCC(C)C)C(=O)CN. The second-order valence-corrected chi connectivity index (χ2v) is 5.11. The molecular formula is C15H24N2O2. The lowest BCUT2D eigenvalue weighted by molar-refractivity contribution is -0.117. The molecule has 0 bridgehead atoms. The maximum atomic E-state index is 12.0. The molecule has 0 saturated carbocycles. The predicted octanol–water partition coefficient (Wildman–Crippen LogP) is 2.34. The summed E-state index contributed by atoms with van der Waals surface area (Å²) in [5, 5.41) is 0. The van der Waals surface area contributed by atoms with Gasteiger partial charge in [-0.25, -0.2) is 0 Å². The molecule has 0 spiro atoms. The van der Waals surface area contributed by atoms with Gasteiger partial charge in [0.25, 0.3) is 0 Å². The topological polar surface area (TPSA) is 55.6 Å². The molecule has 1 aromatic rings. The molecule has 0 unspecified atom stereocenters. The van der Waals surface area contributed by atoms with Crippen LogP contribution >= 0.6 is 0 Å². The van der Waals surface area contributed by atoms with Gasteiger partial charge < -0.3 is 15.4 Å². The van der Waals surface area contributed by atoms with Crippen LogP contribution in [0.5, 0.6) is 5.75 Å². The number of rotatable bonds is 6. The molecule has 106 valence electrons. The molecule has 0 aliphatic rings. The Balaban J connectivity index is 3.08.